The number of nitrogens with zero attached hydrogens (tertiary/aromatic N) is 1. The summed E-state index contributed by atoms with van der Waals surface area (Å²) in [5.74, 6) is 0.673. The molecule has 0 radical (unpaired) electrons. The molecule has 0 aliphatic carbocycles. The van der Waals surface area contributed by atoms with Crippen molar-refractivity contribution in [3.8, 4) is 0 Å². The minimum Gasteiger partial charge on any atom is -0.458 e. The number of benzene rings is 1. The fourth-order valence-corrected chi connectivity index (χ4v) is 2.98. The smallest absolute Gasteiger partial charge is 0.306 e. The zero-order valence-electron chi connectivity index (χ0n) is 15.0. The van der Waals surface area contributed by atoms with Crippen molar-refractivity contribution < 1.29 is 14.5 Å². The van der Waals surface area contributed by atoms with Gasteiger partial charge in [-0.25, -0.2) is 0 Å². The number of carbonyl (C=O) groups is 1. The first-order valence-corrected chi connectivity index (χ1v) is 9.73. The summed E-state index contributed by atoms with van der Waals surface area (Å²) in [6.45, 7) is 1.67. The third kappa shape index (κ3) is 8.91. The fourth-order valence-electron chi connectivity index (χ4n) is 2.76. The first-order valence-electron chi connectivity index (χ1n) is 9.10. The first kappa shape index (κ1) is 21.5. The number of thiol groups is 1. The van der Waals surface area contributed by atoms with E-state index in [1.807, 2.05) is 0 Å². The Labute approximate surface area is 155 Å². The summed E-state index contributed by atoms with van der Waals surface area (Å²) in [5, 5.41) is 11.0. The van der Waals surface area contributed by atoms with Gasteiger partial charge in [-0.3, -0.25) is 14.9 Å². The zero-order chi connectivity index (χ0) is 18.5. The van der Waals surface area contributed by atoms with E-state index in [9.17, 15) is 14.9 Å². The lowest BCUT2D eigenvalue weighted by Gasteiger charge is -2.13. The maximum Gasteiger partial charge on any atom is 0.306 e. The molecule has 0 saturated heterocycles. The minimum absolute atomic E-state index is 0.0132. The SMILES string of the molecule is CC(OC(=O)CCCCCCCCCCS)c1ccccc1[N+](=O)[O-]. The van der Waals surface area contributed by atoms with Gasteiger partial charge in [0.15, 0.2) is 0 Å². The predicted octanol–water partition coefficient (Wildman–Crippen LogP) is 5.64. The number of hydrogen-bond acceptors (Lipinski definition) is 5. The Bertz CT molecular complexity index is 536. The van der Waals surface area contributed by atoms with Crippen molar-refractivity contribution in [1.29, 1.82) is 0 Å². The highest BCUT2D eigenvalue weighted by Gasteiger charge is 2.20. The number of rotatable bonds is 13. The van der Waals surface area contributed by atoms with Gasteiger partial charge < -0.3 is 4.74 Å². The van der Waals surface area contributed by atoms with Crippen molar-refractivity contribution in [3.63, 3.8) is 0 Å². The van der Waals surface area contributed by atoms with Crippen LogP contribution in [0.5, 0.6) is 0 Å². The van der Waals surface area contributed by atoms with Crippen LogP contribution in [0.3, 0.4) is 0 Å². The number of esters is 1. The third-order valence-corrected chi connectivity index (χ3v) is 4.48. The Morgan fingerprint density at radius 2 is 1.64 bits per heavy atom. The van der Waals surface area contributed by atoms with Gasteiger partial charge in [-0.2, -0.15) is 12.6 Å². The molecular weight excluding hydrogens is 338 g/mol. The van der Waals surface area contributed by atoms with Crippen molar-refractivity contribution in [2.24, 2.45) is 0 Å². The molecular formula is C19H29NO4S. The Morgan fingerprint density at radius 3 is 2.24 bits per heavy atom. The molecule has 1 unspecified atom stereocenters. The molecule has 0 heterocycles. The number of nitro benzene ring substituents is 1. The van der Waals surface area contributed by atoms with Crippen LogP contribution in [0.25, 0.3) is 0 Å². The molecule has 0 saturated carbocycles. The molecule has 0 N–H and O–H groups in total. The lowest BCUT2D eigenvalue weighted by atomic mass is 10.1. The molecule has 0 aromatic heterocycles. The van der Waals surface area contributed by atoms with Gasteiger partial charge in [0, 0.05) is 12.5 Å². The monoisotopic (exact) mass is 367 g/mol. The van der Waals surface area contributed by atoms with Gasteiger partial charge in [0.2, 0.25) is 0 Å². The van der Waals surface area contributed by atoms with Crippen molar-refractivity contribution in [2.45, 2.75) is 70.8 Å². The molecule has 25 heavy (non-hydrogen) atoms. The summed E-state index contributed by atoms with van der Waals surface area (Å²) in [7, 11) is 0. The lowest BCUT2D eigenvalue weighted by Crippen LogP contribution is -2.10. The standard InChI is InChI=1S/C19H29NO4S/c1-16(17-12-9-10-13-18(17)20(22)23)24-19(21)14-8-6-4-2-3-5-7-11-15-25/h9-10,12-13,16,25H,2-8,11,14-15H2,1H3. The first-order chi connectivity index (χ1) is 12.1. The second kappa shape index (κ2) is 12.8. The predicted molar refractivity (Wildman–Crippen MR) is 103 cm³/mol. The molecule has 0 spiro atoms. The van der Waals surface area contributed by atoms with E-state index in [4.69, 9.17) is 4.74 Å². The van der Waals surface area contributed by atoms with Gasteiger partial charge in [0.1, 0.15) is 6.10 Å². The van der Waals surface area contributed by atoms with E-state index in [2.05, 4.69) is 12.6 Å². The molecule has 1 atom stereocenters. The molecule has 0 bridgehead atoms. The van der Waals surface area contributed by atoms with Crippen LogP contribution in [0, 0.1) is 10.1 Å². The maximum absolute atomic E-state index is 11.9. The summed E-state index contributed by atoms with van der Waals surface area (Å²) in [6.07, 6.45) is 8.85. The number of ether oxygens (including phenoxy) is 1. The van der Waals surface area contributed by atoms with E-state index in [1.165, 1.54) is 38.2 Å². The summed E-state index contributed by atoms with van der Waals surface area (Å²) >= 11 is 4.20. The molecule has 1 aromatic rings. The van der Waals surface area contributed by atoms with Crippen molar-refractivity contribution in [3.05, 3.63) is 39.9 Å². The van der Waals surface area contributed by atoms with Gasteiger partial charge in [-0.05, 0) is 31.6 Å². The van der Waals surface area contributed by atoms with Gasteiger partial charge >= 0.3 is 5.97 Å². The number of hydrogen-bond donors (Lipinski definition) is 1. The average Bonchev–Trinajstić information content (AvgIpc) is 2.60. The zero-order valence-corrected chi connectivity index (χ0v) is 15.9. The Kier molecular flexibility index (Phi) is 11.0. The lowest BCUT2D eigenvalue weighted by molar-refractivity contribution is -0.386. The highest BCUT2D eigenvalue weighted by Crippen LogP contribution is 2.27. The van der Waals surface area contributed by atoms with E-state index >= 15 is 0 Å². The van der Waals surface area contributed by atoms with Crippen molar-refractivity contribution in [2.75, 3.05) is 5.75 Å². The van der Waals surface area contributed by atoms with Gasteiger partial charge in [-0.15, -0.1) is 0 Å². The summed E-state index contributed by atoms with van der Waals surface area (Å²) in [5.41, 5.74) is 0.419. The molecule has 0 aliphatic heterocycles. The highest BCUT2D eigenvalue weighted by molar-refractivity contribution is 7.80. The molecule has 1 rings (SSSR count). The fraction of sp³-hybridized carbons (Fsp3) is 0.632. The van der Waals surface area contributed by atoms with Crippen molar-refractivity contribution in [1.82, 2.24) is 0 Å². The quantitative estimate of drug-likeness (QED) is 0.161. The van der Waals surface area contributed by atoms with E-state index in [-0.39, 0.29) is 11.7 Å². The van der Waals surface area contributed by atoms with E-state index < -0.39 is 11.0 Å². The second-order valence-electron chi connectivity index (χ2n) is 6.25. The molecule has 5 nitrogen and oxygen atoms in total. The van der Waals surface area contributed by atoms with Crippen LogP contribution in [0.4, 0.5) is 5.69 Å². The van der Waals surface area contributed by atoms with E-state index in [0.29, 0.717) is 12.0 Å². The summed E-state index contributed by atoms with van der Waals surface area (Å²) < 4.78 is 5.35. The third-order valence-electron chi connectivity index (χ3n) is 4.17. The van der Waals surface area contributed by atoms with E-state index in [1.54, 1.807) is 25.1 Å². The average molecular weight is 368 g/mol. The van der Waals surface area contributed by atoms with Crippen LogP contribution in [0.1, 0.15) is 76.4 Å². The number of para-hydroxylation sites is 1. The van der Waals surface area contributed by atoms with E-state index in [0.717, 1.165) is 25.0 Å². The van der Waals surface area contributed by atoms with Crippen LogP contribution >= 0.6 is 12.6 Å². The normalized spacial score (nSPS) is 11.9. The minimum atomic E-state index is -0.610. The van der Waals surface area contributed by atoms with Crippen LogP contribution in [0.2, 0.25) is 0 Å². The van der Waals surface area contributed by atoms with Crippen LogP contribution in [-0.4, -0.2) is 16.6 Å². The summed E-state index contributed by atoms with van der Waals surface area (Å²) in [4.78, 5) is 22.5. The second-order valence-corrected chi connectivity index (χ2v) is 6.70. The van der Waals surface area contributed by atoms with Gasteiger partial charge in [0.25, 0.3) is 5.69 Å². The Balaban J connectivity index is 2.21. The molecule has 0 aliphatic rings. The largest absolute Gasteiger partial charge is 0.458 e. The molecule has 6 heteroatoms. The topological polar surface area (TPSA) is 69.4 Å². The molecule has 1 aromatic carbocycles. The highest BCUT2D eigenvalue weighted by atomic mass is 32.1. The number of carbonyl (C=O) groups excluding carboxylic acids is 1. The van der Waals surface area contributed by atoms with Crippen LogP contribution in [-0.2, 0) is 9.53 Å². The van der Waals surface area contributed by atoms with Gasteiger partial charge in [-0.1, -0.05) is 50.7 Å². The maximum atomic E-state index is 11.9. The summed E-state index contributed by atoms with van der Waals surface area (Å²) in [6, 6.07) is 6.37. The number of nitro groups is 1. The van der Waals surface area contributed by atoms with Crippen LogP contribution < -0.4 is 0 Å². The van der Waals surface area contributed by atoms with Crippen LogP contribution in [0.15, 0.2) is 24.3 Å². The molecule has 0 fully saturated rings. The Hall–Kier alpha value is -1.56. The molecule has 0 amide bonds. The Morgan fingerprint density at radius 1 is 1.08 bits per heavy atom. The van der Waals surface area contributed by atoms with Gasteiger partial charge in [0.05, 0.1) is 10.5 Å². The van der Waals surface area contributed by atoms with Crippen molar-refractivity contribution >= 4 is 24.3 Å². The molecule has 140 valence electrons. The number of unbranched alkanes of at least 4 members (excludes halogenated alkanes) is 7.